The third kappa shape index (κ3) is 5.42. The van der Waals surface area contributed by atoms with E-state index in [9.17, 15) is 9.59 Å². The number of primary amides is 1. The van der Waals surface area contributed by atoms with Gasteiger partial charge < -0.3 is 15.4 Å². The Hall–Kier alpha value is -1.40. The van der Waals surface area contributed by atoms with E-state index in [1.54, 1.807) is 0 Å². The Bertz CT molecular complexity index is 436. The first kappa shape index (κ1) is 17.0. The topological polar surface area (TPSA) is 75.9 Å². The van der Waals surface area contributed by atoms with Gasteiger partial charge in [-0.1, -0.05) is 11.6 Å². The number of likely N-dealkylation sites (N-methyl/N-ethyl adjacent to an activating group) is 1. The van der Waals surface area contributed by atoms with Crippen molar-refractivity contribution >= 4 is 11.8 Å². The number of amides is 2. The van der Waals surface area contributed by atoms with E-state index in [1.165, 1.54) is 18.4 Å². The van der Waals surface area contributed by atoms with Crippen LogP contribution in [-0.2, 0) is 14.3 Å². The summed E-state index contributed by atoms with van der Waals surface area (Å²) in [6.45, 7) is 2.62. The van der Waals surface area contributed by atoms with Crippen LogP contribution in [-0.4, -0.2) is 67.6 Å². The molecule has 0 saturated carbocycles. The van der Waals surface area contributed by atoms with Gasteiger partial charge >= 0.3 is 0 Å². The number of allylic oxidation sites excluding steroid dienone is 1. The van der Waals surface area contributed by atoms with E-state index in [1.807, 2.05) is 16.8 Å². The Morgan fingerprint density at radius 3 is 2.95 bits per heavy atom. The van der Waals surface area contributed by atoms with Gasteiger partial charge in [-0.15, -0.1) is 0 Å². The molecular weight excluding hydrogens is 282 g/mol. The molecule has 1 saturated heterocycles. The van der Waals surface area contributed by atoms with Gasteiger partial charge in [0.15, 0.2) is 0 Å². The molecule has 1 atom stereocenters. The summed E-state index contributed by atoms with van der Waals surface area (Å²) in [6, 6.07) is 0. The van der Waals surface area contributed by atoms with Crippen molar-refractivity contribution < 1.29 is 14.3 Å². The van der Waals surface area contributed by atoms with Gasteiger partial charge in [0.25, 0.3) is 0 Å². The molecule has 2 amide bonds. The zero-order chi connectivity index (χ0) is 15.9. The summed E-state index contributed by atoms with van der Waals surface area (Å²) in [5.74, 6) is -0.158. The van der Waals surface area contributed by atoms with E-state index in [2.05, 4.69) is 6.08 Å². The largest absolute Gasteiger partial charge is 0.373 e. The van der Waals surface area contributed by atoms with Crippen molar-refractivity contribution in [2.24, 2.45) is 5.73 Å². The van der Waals surface area contributed by atoms with E-state index in [0.29, 0.717) is 32.7 Å². The van der Waals surface area contributed by atoms with Crippen LogP contribution in [0.3, 0.4) is 0 Å². The number of nitrogens with two attached hydrogens (primary N) is 1. The van der Waals surface area contributed by atoms with Gasteiger partial charge in [-0.2, -0.15) is 0 Å². The van der Waals surface area contributed by atoms with Crippen LogP contribution in [0.25, 0.3) is 0 Å². The van der Waals surface area contributed by atoms with Crippen LogP contribution in [0.5, 0.6) is 0 Å². The Balaban J connectivity index is 1.80. The van der Waals surface area contributed by atoms with Crippen molar-refractivity contribution in [3.63, 3.8) is 0 Å². The highest BCUT2D eigenvalue weighted by Crippen LogP contribution is 2.21. The lowest BCUT2D eigenvalue weighted by Gasteiger charge is -2.35. The number of hydrogen-bond donors (Lipinski definition) is 1. The van der Waals surface area contributed by atoms with Crippen molar-refractivity contribution in [3.05, 3.63) is 11.6 Å². The first-order valence-electron chi connectivity index (χ1n) is 8.08. The van der Waals surface area contributed by atoms with E-state index in [0.717, 1.165) is 12.8 Å². The molecule has 6 heteroatoms. The van der Waals surface area contributed by atoms with Crippen LogP contribution in [0.1, 0.15) is 32.1 Å². The summed E-state index contributed by atoms with van der Waals surface area (Å²) in [7, 11) is 1.84. The molecule has 1 unspecified atom stereocenters. The van der Waals surface area contributed by atoms with Gasteiger partial charge in [0.1, 0.15) is 0 Å². The Morgan fingerprint density at radius 2 is 2.27 bits per heavy atom. The smallest absolute Gasteiger partial charge is 0.231 e. The maximum absolute atomic E-state index is 12.4. The Morgan fingerprint density at radius 1 is 1.45 bits per heavy atom. The molecular formula is C16H27N3O3. The van der Waals surface area contributed by atoms with Crippen LogP contribution in [0.4, 0.5) is 0 Å². The molecule has 124 valence electrons. The molecule has 2 aliphatic rings. The van der Waals surface area contributed by atoms with Gasteiger partial charge in [-0.25, -0.2) is 0 Å². The molecule has 1 aliphatic heterocycles. The monoisotopic (exact) mass is 309 g/mol. The summed E-state index contributed by atoms with van der Waals surface area (Å²) in [4.78, 5) is 27.1. The fraction of sp³-hybridized carbons (Fsp3) is 0.750. The average Bonchev–Trinajstić information content (AvgIpc) is 2.47. The summed E-state index contributed by atoms with van der Waals surface area (Å²) >= 11 is 0. The van der Waals surface area contributed by atoms with E-state index in [-0.39, 0.29) is 24.5 Å². The maximum Gasteiger partial charge on any atom is 0.231 e. The number of nitrogens with zero attached hydrogens (tertiary/aromatic N) is 2. The van der Waals surface area contributed by atoms with Crippen LogP contribution in [0.15, 0.2) is 11.6 Å². The summed E-state index contributed by atoms with van der Waals surface area (Å²) in [5.41, 5.74) is 6.47. The number of rotatable bonds is 6. The second-order valence-corrected chi connectivity index (χ2v) is 6.28. The summed E-state index contributed by atoms with van der Waals surface area (Å²) in [5, 5.41) is 0. The van der Waals surface area contributed by atoms with E-state index in [4.69, 9.17) is 10.5 Å². The maximum atomic E-state index is 12.4. The minimum absolute atomic E-state index is 0.0533. The SMILES string of the molecule is CN(CC(N)=O)CC1CN(C(=O)CC2=CCCCC2)CCO1. The molecule has 0 aromatic heterocycles. The second-order valence-electron chi connectivity index (χ2n) is 6.28. The molecule has 2 rings (SSSR count). The van der Waals surface area contributed by atoms with Crippen LogP contribution >= 0.6 is 0 Å². The number of carbonyl (C=O) groups is 2. The molecule has 0 aromatic carbocycles. The highest BCUT2D eigenvalue weighted by atomic mass is 16.5. The quantitative estimate of drug-likeness (QED) is 0.726. The zero-order valence-corrected chi connectivity index (χ0v) is 13.4. The van der Waals surface area contributed by atoms with Crippen LogP contribution in [0, 0.1) is 0 Å². The van der Waals surface area contributed by atoms with Crippen LogP contribution in [0.2, 0.25) is 0 Å². The van der Waals surface area contributed by atoms with Crippen molar-refractivity contribution in [3.8, 4) is 0 Å². The number of ether oxygens (including phenoxy) is 1. The number of carbonyl (C=O) groups excluding carboxylic acids is 2. The lowest BCUT2D eigenvalue weighted by molar-refractivity contribution is -0.139. The Kier molecular flexibility index (Phi) is 6.39. The molecule has 1 heterocycles. The predicted molar refractivity (Wildman–Crippen MR) is 84.2 cm³/mol. The standard InChI is InChI=1S/C16H27N3O3/c1-18(12-15(17)20)10-14-11-19(7-8-22-14)16(21)9-13-5-3-2-4-6-13/h5,14H,2-4,6-12H2,1H3,(H2,17,20). The lowest BCUT2D eigenvalue weighted by atomic mass is 9.97. The molecule has 0 aromatic rings. The van der Waals surface area contributed by atoms with Gasteiger partial charge in [0.05, 0.1) is 19.3 Å². The summed E-state index contributed by atoms with van der Waals surface area (Å²) in [6.07, 6.45) is 7.31. The highest BCUT2D eigenvalue weighted by molar-refractivity contribution is 5.79. The predicted octanol–water partition coefficient (Wildman–Crippen LogP) is 0.521. The fourth-order valence-corrected chi connectivity index (χ4v) is 3.11. The molecule has 0 bridgehead atoms. The highest BCUT2D eigenvalue weighted by Gasteiger charge is 2.25. The molecule has 6 nitrogen and oxygen atoms in total. The third-order valence-electron chi connectivity index (χ3n) is 4.20. The normalized spacial score (nSPS) is 22.5. The van der Waals surface area contributed by atoms with Gasteiger partial charge in [0, 0.05) is 26.1 Å². The van der Waals surface area contributed by atoms with E-state index < -0.39 is 0 Å². The minimum atomic E-state index is -0.351. The van der Waals surface area contributed by atoms with Crippen molar-refractivity contribution in [2.45, 2.75) is 38.2 Å². The van der Waals surface area contributed by atoms with Crippen molar-refractivity contribution in [1.29, 1.82) is 0 Å². The Labute approximate surface area is 132 Å². The first-order valence-corrected chi connectivity index (χ1v) is 8.08. The lowest BCUT2D eigenvalue weighted by Crippen LogP contribution is -2.50. The zero-order valence-electron chi connectivity index (χ0n) is 13.4. The second kappa shape index (κ2) is 8.29. The molecule has 0 spiro atoms. The van der Waals surface area contributed by atoms with Crippen LogP contribution < -0.4 is 5.73 Å². The van der Waals surface area contributed by atoms with Gasteiger partial charge in [-0.05, 0) is 32.7 Å². The minimum Gasteiger partial charge on any atom is -0.373 e. The number of hydrogen-bond acceptors (Lipinski definition) is 4. The average molecular weight is 309 g/mol. The van der Waals surface area contributed by atoms with Crippen molar-refractivity contribution in [2.75, 3.05) is 39.8 Å². The first-order chi connectivity index (χ1) is 10.5. The van der Waals surface area contributed by atoms with Gasteiger partial charge in [0.2, 0.25) is 11.8 Å². The molecule has 1 aliphatic carbocycles. The van der Waals surface area contributed by atoms with Crippen molar-refractivity contribution in [1.82, 2.24) is 9.80 Å². The molecule has 22 heavy (non-hydrogen) atoms. The molecule has 0 radical (unpaired) electrons. The fourth-order valence-electron chi connectivity index (χ4n) is 3.11. The number of morpholine rings is 1. The van der Waals surface area contributed by atoms with Gasteiger partial charge in [-0.3, -0.25) is 14.5 Å². The molecule has 1 fully saturated rings. The molecule has 2 N–H and O–H groups in total. The third-order valence-corrected chi connectivity index (χ3v) is 4.20. The van der Waals surface area contributed by atoms with E-state index >= 15 is 0 Å². The summed E-state index contributed by atoms with van der Waals surface area (Å²) < 4.78 is 5.70.